The molecule has 2 aliphatic carbocycles. The van der Waals surface area contributed by atoms with Gasteiger partial charge in [-0.25, -0.2) is 9.97 Å². The predicted molar refractivity (Wildman–Crippen MR) is 64.6 cm³/mol. The molecule has 0 radical (unpaired) electrons. The van der Waals surface area contributed by atoms with Crippen LogP contribution in [0.5, 0.6) is 0 Å². The van der Waals surface area contributed by atoms with Gasteiger partial charge in [-0.15, -0.1) is 0 Å². The van der Waals surface area contributed by atoms with E-state index in [1.165, 1.54) is 32.0 Å². The normalized spacial score (nSPS) is 30.5. The fourth-order valence-electron chi connectivity index (χ4n) is 2.99. The topological polar surface area (TPSA) is 54.9 Å². The van der Waals surface area contributed by atoms with E-state index in [-0.39, 0.29) is 11.8 Å². The fraction of sp³-hybridized carbons (Fsp3) is 0.583. The van der Waals surface area contributed by atoms with E-state index < -0.39 is 0 Å². The standard InChI is InChI=1S/C12H14ClN3O/c13-9-5-10(15-6-14-9)16-12(17)11-7-3-1-2-4-8(7)11/h5-8,11H,1-4H2,(H,14,15,16,17). The van der Waals surface area contributed by atoms with Gasteiger partial charge in [-0.1, -0.05) is 24.4 Å². The van der Waals surface area contributed by atoms with Crippen molar-refractivity contribution in [2.24, 2.45) is 17.8 Å². The molecule has 2 saturated carbocycles. The van der Waals surface area contributed by atoms with Gasteiger partial charge >= 0.3 is 0 Å². The van der Waals surface area contributed by atoms with Crippen molar-refractivity contribution in [3.05, 3.63) is 17.5 Å². The van der Waals surface area contributed by atoms with Crippen molar-refractivity contribution in [3.8, 4) is 0 Å². The lowest BCUT2D eigenvalue weighted by molar-refractivity contribution is -0.117. The van der Waals surface area contributed by atoms with Crippen LogP contribution < -0.4 is 5.32 Å². The molecule has 1 amide bonds. The molecule has 1 heterocycles. The Hall–Kier alpha value is -1.16. The van der Waals surface area contributed by atoms with Gasteiger partial charge in [-0.3, -0.25) is 4.79 Å². The van der Waals surface area contributed by atoms with Crippen LogP contribution in [0.1, 0.15) is 25.7 Å². The van der Waals surface area contributed by atoms with Gasteiger partial charge in [0.25, 0.3) is 0 Å². The molecule has 2 aliphatic rings. The Labute approximate surface area is 105 Å². The van der Waals surface area contributed by atoms with Gasteiger partial charge in [-0.2, -0.15) is 0 Å². The minimum atomic E-state index is 0.0941. The summed E-state index contributed by atoms with van der Waals surface area (Å²) in [5.74, 6) is 2.02. The Morgan fingerprint density at radius 1 is 1.29 bits per heavy atom. The zero-order valence-corrected chi connectivity index (χ0v) is 10.2. The van der Waals surface area contributed by atoms with E-state index in [2.05, 4.69) is 15.3 Å². The number of nitrogens with one attached hydrogen (secondary N) is 1. The number of amides is 1. The van der Waals surface area contributed by atoms with Crippen molar-refractivity contribution in [2.75, 3.05) is 5.32 Å². The van der Waals surface area contributed by atoms with Crippen molar-refractivity contribution >= 4 is 23.3 Å². The molecule has 5 heteroatoms. The number of carbonyl (C=O) groups excluding carboxylic acids is 1. The van der Waals surface area contributed by atoms with Crippen molar-refractivity contribution < 1.29 is 4.79 Å². The highest BCUT2D eigenvalue weighted by atomic mass is 35.5. The minimum absolute atomic E-state index is 0.0941. The van der Waals surface area contributed by atoms with Crippen LogP contribution in [0.3, 0.4) is 0 Å². The molecule has 3 rings (SSSR count). The lowest BCUT2D eigenvalue weighted by atomic mass is 10.0. The Balaban J connectivity index is 1.64. The molecular formula is C12H14ClN3O. The van der Waals surface area contributed by atoms with Crippen LogP contribution in [0, 0.1) is 17.8 Å². The van der Waals surface area contributed by atoms with Crippen molar-refractivity contribution in [1.82, 2.24) is 9.97 Å². The summed E-state index contributed by atoms with van der Waals surface area (Å²) in [4.78, 5) is 19.8. The van der Waals surface area contributed by atoms with Crippen LogP contribution in [-0.2, 0) is 4.79 Å². The maximum Gasteiger partial charge on any atom is 0.229 e. The van der Waals surface area contributed by atoms with Crippen LogP contribution in [-0.4, -0.2) is 15.9 Å². The SMILES string of the molecule is O=C(Nc1cc(Cl)ncn1)C1C2CCCCC21. The summed E-state index contributed by atoms with van der Waals surface area (Å²) in [6.07, 6.45) is 6.30. The first-order valence-corrected chi connectivity index (χ1v) is 6.42. The lowest BCUT2D eigenvalue weighted by Gasteiger charge is -2.04. The highest BCUT2D eigenvalue weighted by Crippen LogP contribution is 2.55. The average Bonchev–Trinajstić information content (AvgIpc) is 3.03. The van der Waals surface area contributed by atoms with Gasteiger partial charge in [0, 0.05) is 12.0 Å². The molecule has 1 N–H and O–H groups in total. The first-order valence-electron chi connectivity index (χ1n) is 6.04. The molecule has 2 atom stereocenters. The number of hydrogen-bond donors (Lipinski definition) is 1. The van der Waals surface area contributed by atoms with Crippen LogP contribution >= 0.6 is 11.6 Å². The van der Waals surface area contributed by atoms with Crippen LogP contribution in [0.2, 0.25) is 5.15 Å². The molecule has 0 saturated heterocycles. The molecular weight excluding hydrogens is 238 g/mol. The molecule has 0 aliphatic heterocycles. The zero-order chi connectivity index (χ0) is 11.8. The molecule has 0 spiro atoms. The van der Waals surface area contributed by atoms with Gasteiger partial charge in [0.2, 0.25) is 5.91 Å². The Morgan fingerprint density at radius 3 is 2.65 bits per heavy atom. The van der Waals surface area contributed by atoms with E-state index in [0.29, 0.717) is 22.8 Å². The van der Waals surface area contributed by atoms with Gasteiger partial charge in [0.15, 0.2) is 0 Å². The first-order chi connectivity index (χ1) is 8.25. The summed E-state index contributed by atoms with van der Waals surface area (Å²) < 4.78 is 0. The maximum absolute atomic E-state index is 12.0. The Morgan fingerprint density at radius 2 is 2.00 bits per heavy atom. The fourth-order valence-corrected chi connectivity index (χ4v) is 3.14. The van der Waals surface area contributed by atoms with E-state index in [1.807, 2.05) is 0 Å². The number of fused-ring (bicyclic) bond motifs is 1. The summed E-state index contributed by atoms with van der Waals surface area (Å²) in [6, 6.07) is 1.57. The molecule has 90 valence electrons. The van der Waals surface area contributed by atoms with Gasteiger partial charge < -0.3 is 5.32 Å². The highest BCUT2D eigenvalue weighted by Gasteiger charge is 2.54. The number of nitrogens with zero attached hydrogens (tertiary/aromatic N) is 2. The van der Waals surface area contributed by atoms with Crippen molar-refractivity contribution in [1.29, 1.82) is 0 Å². The number of halogens is 1. The zero-order valence-electron chi connectivity index (χ0n) is 9.40. The van der Waals surface area contributed by atoms with Crippen molar-refractivity contribution in [3.63, 3.8) is 0 Å². The van der Waals surface area contributed by atoms with E-state index in [0.717, 1.165) is 0 Å². The number of rotatable bonds is 2. The maximum atomic E-state index is 12.0. The van der Waals surface area contributed by atoms with Crippen LogP contribution in [0.4, 0.5) is 5.82 Å². The summed E-state index contributed by atoms with van der Waals surface area (Å²) in [7, 11) is 0. The summed E-state index contributed by atoms with van der Waals surface area (Å²) in [5.41, 5.74) is 0. The molecule has 2 fully saturated rings. The van der Waals surface area contributed by atoms with Gasteiger partial charge in [0.1, 0.15) is 17.3 Å². The third kappa shape index (κ3) is 2.14. The van der Waals surface area contributed by atoms with E-state index in [1.54, 1.807) is 6.07 Å². The molecule has 0 bridgehead atoms. The van der Waals surface area contributed by atoms with E-state index in [4.69, 9.17) is 11.6 Å². The minimum Gasteiger partial charge on any atom is -0.310 e. The second-order valence-corrected chi connectivity index (χ2v) is 5.24. The summed E-state index contributed by atoms with van der Waals surface area (Å²) in [6.45, 7) is 0. The number of anilines is 1. The Bertz CT molecular complexity index is 439. The average molecular weight is 252 g/mol. The smallest absolute Gasteiger partial charge is 0.229 e. The second-order valence-electron chi connectivity index (χ2n) is 4.85. The molecule has 4 nitrogen and oxygen atoms in total. The number of carbonyl (C=O) groups is 1. The first kappa shape index (κ1) is 11.0. The predicted octanol–water partition coefficient (Wildman–Crippen LogP) is 2.50. The summed E-state index contributed by atoms with van der Waals surface area (Å²) in [5, 5.41) is 3.18. The summed E-state index contributed by atoms with van der Waals surface area (Å²) >= 11 is 5.74. The third-order valence-electron chi connectivity index (χ3n) is 3.84. The molecule has 1 aromatic rings. The Kier molecular flexibility index (Phi) is 2.74. The van der Waals surface area contributed by atoms with Gasteiger partial charge in [0.05, 0.1) is 0 Å². The molecule has 2 unspecified atom stereocenters. The molecule has 1 aromatic heterocycles. The monoisotopic (exact) mass is 251 g/mol. The highest BCUT2D eigenvalue weighted by molar-refractivity contribution is 6.29. The van der Waals surface area contributed by atoms with E-state index >= 15 is 0 Å². The number of hydrogen-bond acceptors (Lipinski definition) is 3. The van der Waals surface area contributed by atoms with E-state index in [9.17, 15) is 4.79 Å². The molecule has 0 aromatic carbocycles. The van der Waals surface area contributed by atoms with Crippen molar-refractivity contribution in [2.45, 2.75) is 25.7 Å². The van der Waals surface area contributed by atoms with Gasteiger partial charge in [-0.05, 0) is 24.7 Å². The van der Waals surface area contributed by atoms with Crippen LogP contribution in [0.25, 0.3) is 0 Å². The third-order valence-corrected chi connectivity index (χ3v) is 4.05. The number of aromatic nitrogens is 2. The molecule has 17 heavy (non-hydrogen) atoms. The quantitative estimate of drug-likeness (QED) is 0.822. The lowest BCUT2D eigenvalue weighted by Crippen LogP contribution is -2.16. The largest absolute Gasteiger partial charge is 0.310 e. The van der Waals surface area contributed by atoms with Crippen LogP contribution in [0.15, 0.2) is 12.4 Å². The second kappa shape index (κ2) is 4.26.